The van der Waals surface area contributed by atoms with Gasteiger partial charge in [0.1, 0.15) is 0 Å². The first-order chi connectivity index (χ1) is 9.25. The molecule has 0 atom stereocenters. The van der Waals surface area contributed by atoms with Gasteiger partial charge in [-0.25, -0.2) is 0 Å². The van der Waals surface area contributed by atoms with Gasteiger partial charge < -0.3 is 10.6 Å². The van der Waals surface area contributed by atoms with Crippen LogP contribution in [0.5, 0.6) is 0 Å². The highest BCUT2D eigenvalue weighted by Gasteiger charge is 2.16. The highest BCUT2D eigenvalue weighted by atomic mass is 15.1. The fraction of sp³-hybridized carbons (Fsp3) is 0.294. The molecule has 0 amide bonds. The minimum absolute atomic E-state index is 0.867. The molecular formula is C17H20N2. The summed E-state index contributed by atoms with van der Waals surface area (Å²) in [5.74, 6) is 0. The van der Waals surface area contributed by atoms with Gasteiger partial charge in [-0.1, -0.05) is 18.2 Å². The number of hydrogen-bond acceptors (Lipinski definition) is 2. The molecule has 1 heterocycles. The van der Waals surface area contributed by atoms with Gasteiger partial charge >= 0.3 is 0 Å². The van der Waals surface area contributed by atoms with E-state index in [1.807, 2.05) is 6.07 Å². The van der Waals surface area contributed by atoms with Crippen molar-refractivity contribution < 1.29 is 0 Å². The number of hydrogen-bond donors (Lipinski definition) is 1. The number of aryl methyl sites for hydroxylation is 2. The second-order valence-electron chi connectivity index (χ2n) is 5.28. The second kappa shape index (κ2) is 4.96. The van der Waals surface area contributed by atoms with Crippen LogP contribution in [0.1, 0.15) is 24.0 Å². The van der Waals surface area contributed by atoms with E-state index in [0.717, 1.165) is 17.8 Å². The molecule has 1 aliphatic rings. The number of rotatable bonds is 1. The molecule has 2 N–H and O–H groups in total. The van der Waals surface area contributed by atoms with Crippen molar-refractivity contribution in [3.05, 3.63) is 53.6 Å². The molecule has 0 fully saturated rings. The molecule has 0 saturated heterocycles. The van der Waals surface area contributed by atoms with Crippen LogP contribution in [0.2, 0.25) is 0 Å². The molecule has 1 aliphatic heterocycles. The van der Waals surface area contributed by atoms with Crippen LogP contribution in [0.4, 0.5) is 17.1 Å². The lowest BCUT2D eigenvalue weighted by Gasteiger charge is -2.25. The molecule has 0 aliphatic carbocycles. The van der Waals surface area contributed by atoms with Gasteiger partial charge in [0.15, 0.2) is 0 Å². The third-order valence-electron chi connectivity index (χ3n) is 3.93. The summed E-state index contributed by atoms with van der Waals surface area (Å²) in [6, 6.07) is 15.1. The minimum atomic E-state index is 0.867. The number of nitrogens with zero attached hydrogens (tertiary/aromatic N) is 1. The Balaban J connectivity index is 2.06. The van der Waals surface area contributed by atoms with E-state index >= 15 is 0 Å². The number of anilines is 3. The zero-order valence-corrected chi connectivity index (χ0v) is 11.4. The summed E-state index contributed by atoms with van der Waals surface area (Å²) in [7, 11) is 0. The predicted octanol–water partition coefficient (Wildman–Crippen LogP) is 4.05. The van der Waals surface area contributed by atoms with E-state index < -0.39 is 0 Å². The third-order valence-corrected chi connectivity index (χ3v) is 3.93. The van der Waals surface area contributed by atoms with E-state index in [1.165, 1.54) is 36.2 Å². The number of para-hydroxylation sites is 1. The molecule has 0 spiro atoms. The monoisotopic (exact) mass is 252 g/mol. The molecule has 0 unspecified atom stereocenters. The minimum Gasteiger partial charge on any atom is -0.399 e. The first-order valence-corrected chi connectivity index (χ1v) is 6.97. The Morgan fingerprint density at radius 2 is 1.89 bits per heavy atom. The van der Waals surface area contributed by atoms with E-state index in [0.29, 0.717) is 0 Å². The van der Waals surface area contributed by atoms with Crippen molar-refractivity contribution in [2.45, 2.75) is 26.2 Å². The fourth-order valence-electron chi connectivity index (χ4n) is 2.79. The molecular weight excluding hydrogens is 232 g/mol. The van der Waals surface area contributed by atoms with Crippen LogP contribution >= 0.6 is 0 Å². The Morgan fingerprint density at radius 1 is 1.05 bits per heavy atom. The van der Waals surface area contributed by atoms with Crippen molar-refractivity contribution in [2.24, 2.45) is 0 Å². The first kappa shape index (κ1) is 12.1. The Kier molecular flexibility index (Phi) is 3.16. The highest BCUT2D eigenvalue weighted by Crippen LogP contribution is 2.33. The molecule has 0 aromatic heterocycles. The topological polar surface area (TPSA) is 29.3 Å². The van der Waals surface area contributed by atoms with Gasteiger partial charge in [0, 0.05) is 23.6 Å². The summed E-state index contributed by atoms with van der Waals surface area (Å²) >= 11 is 0. The van der Waals surface area contributed by atoms with Crippen molar-refractivity contribution in [2.75, 3.05) is 17.2 Å². The molecule has 2 aromatic rings. The Hall–Kier alpha value is -1.96. The van der Waals surface area contributed by atoms with Gasteiger partial charge in [0.2, 0.25) is 0 Å². The quantitative estimate of drug-likeness (QED) is 0.776. The molecule has 98 valence electrons. The molecule has 2 nitrogen and oxygen atoms in total. The number of fused-ring (bicyclic) bond motifs is 1. The molecule has 0 saturated carbocycles. The largest absolute Gasteiger partial charge is 0.399 e. The summed E-state index contributed by atoms with van der Waals surface area (Å²) in [5, 5.41) is 0. The first-order valence-electron chi connectivity index (χ1n) is 6.97. The smallest absolute Gasteiger partial charge is 0.0443 e. The van der Waals surface area contributed by atoms with Crippen LogP contribution in [-0.4, -0.2) is 6.54 Å². The van der Waals surface area contributed by atoms with Crippen LogP contribution in [0, 0.1) is 6.92 Å². The molecule has 2 heteroatoms. The average Bonchev–Trinajstić information content (AvgIpc) is 2.64. The van der Waals surface area contributed by atoms with Crippen molar-refractivity contribution in [3.8, 4) is 0 Å². The third kappa shape index (κ3) is 2.30. The second-order valence-corrected chi connectivity index (χ2v) is 5.28. The van der Waals surface area contributed by atoms with Crippen LogP contribution in [0.15, 0.2) is 42.5 Å². The van der Waals surface area contributed by atoms with Gasteiger partial charge in [-0.15, -0.1) is 0 Å². The zero-order chi connectivity index (χ0) is 13.2. The highest BCUT2D eigenvalue weighted by molar-refractivity contribution is 5.69. The van der Waals surface area contributed by atoms with E-state index in [-0.39, 0.29) is 0 Å². The summed E-state index contributed by atoms with van der Waals surface area (Å²) in [5.41, 5.74) is 12.0. The Labute approximate surface area is 114 Å². The van der Waals surface area contributed by atoms with Crippen molar-refractivity contribution >= 4 is 17.1 Å². The molecule has 0 bridgehead atoms. The zero-order valence-electron chi connectivity index (χ0n) is 11.4. The summed E-state index contributed by atoms with van der Waals surface area (Å²) in [4.78, 5) is 2.43. The van der Waals surface area contributed by atoms with Crippen LogP contribution in [-0.2, 0) is 6.42 Å². The fourth-order valence-corrected chi connectivity index (χ4v) is 2.79. The van der Waals surface area contributed by atoms with E-state index in [1.54, 1.807) is 0 Å². The lowest BCUT2D eigenvalue weighted by atomic mass is 10.1. The lowest BCUT2D eigenvalue weighted by Crippen LogP contribution is -2.18. The molecule has 0 radical (unpaired) electrons. The molecule has 2 aromatic carbocycles. The van der Waals surface area contributed by atoms with E-state index in [9.17, 15) is 0 Å². The maximum atomic E-state index is 5.93. The standard InChI is InChI=1S/C17H20N2/c1-13-12-15(9-10-16(13)18)19-11-5-4-7-14-6-2-3-8-17(14)19/h2-3,6,8-10,12H,4-5,7,11,18H2,1H3. The normalized spacial score (nSPS) is 14.9. The van der Waals surface area contributed by atoms with Crippen LogP contribution in [0.25, 0.3) is 0 Å². The average molecular weight is 252 g/mol. The number of nitrogens with two attached hydrogens (primary N) is 1. The van der Waals surface area contributed by atoms with Crippen molar-refractivity contribution in [1.82, 2.24) is 0 Å². The Morgan fingerprint density at radius 3 is 2.74 bits per heavy atom. The van der Waals surface area contributed by atoms with Crippen molar-refractivity contribution in [1.29, 1.82) is 0 Å². The maximum absolute atomic E-state index is 5.93. The van der Waals surface area contributed by atoms with E-state index in [2.05, 4.69) is 48.2 Å². The number of nitrogen functional groups attached to an aromatic ring is 1. The van der Waals surface area contributed by atoms with E-state index in [4.69, 9.17) is 5.73 Å². The predicted molar refractivity (Wildman–Crippen MR) is 82.0 cm³/mol. The van der Waals surface area contributed by atoms with Gasteiger partial charge in [0.25, 0.3) is 0 Å². The van der Waals surface area contributed by atoms with Crippen molar-refractivity contribution in [3.63, 3.8) is 0 Å². The number of benzene rings is 2. The van der Waals surface area contributed by atoms with Gasteiger partial charge in [0.05, 0.1) is 0 Å². The van der Waals surface area contributed by atoms with Gasteiger partial charge in [-0.05, 0) is 61.6 Å². The van der Waals surface area contributed by atoms with Crippen LogP contribution in [0.3, 0.4) is 0 Å². The lowest BCUT2D eigenvalue weighted by molar-refractivity contribution is 0.761. The molecule has 19 heavy (non-hydrogen) atoms. The summed E-state index contributed by atoms with van der Waals surface area (Å²) in [6.45, 7) is 3.16. The summed E-state index contributed by atoms with van der Waals surface area (Å²) in [6.07, 6.45) is 3.68. The van der Waals surface area contributed by atoms with Gasteiger partial charge in [-0.3, -0.25) is 0 Å². The summed E-state index contributed by atoms with van der Waals surface area (Å²) < 4.78 is 0. The molecule has 3 rings (SSSR count). The maximum Gasteiger partial charge on any atom is 0.0443 e. The van der Waals surface area contributed by atoms with Gasteiger partial charge in [-0.2, -0.15) is 0 Å². The SMILES string of the molecule is Cc1cc(N2CCCCc3ccccc32)ccc1N. The Bertz CT molecular complexity index is 590. The van der Waals surface area contributed by atoms with Crippen LogP contribution < -0.4 is 10.6 Å².